The van der Waals surface area contributed by atoms with Gasteiger partial charge in [-0.3, -0.25) is 0 Å². The molecule has 0 radical (unpaired) electrons. The first-order chi connectivity index (χ1) is 6.79. The number of rotatable bonds is 2. The van der Waals surface area contributed by atoms with Crippen LogP contribution in [0.3, 0.4) is 0 Å². The van der Waals surface area contributed by atoms with Crippen LogP contribution in [0.2, 0.25) is 0 Å². The first-order valence-corrected chi connectivity index (χ1v) is 4.94. The Morgan fingerprint density at radius 3 is 2.50 bits per heavy atom. The third-order valence-corrected chi connectivity index (χ3v) is 2.52. The lowest BCUT2D eigenvalue weighted by molar-refractivity contribution is 1.00. The highest BCUT2D eigenvalue weighted by Gasteiger charge is 2.11. The molecule has 0 atom stereocenters. The minimum absolute atomic E-state index is 1.02. The van der Waals surface area contributed by atoms with Gasteiger partial charge in [-0.1, -0.05) is 36.9 Å². The average molecular weight is 185 g/mol. The molecule has 0 saturated carbocycles. The van der Waals surface area contributed by atoms with E-state index in [2.05, 4.69) is 54.8 Å². The van der Waals surface area contributed by atoms with Crippen molar-refractivity contribution in [2.45, 2.75) is 6.92 Å². The number of allylic oxidation sites excluding steroid dienone is 1. The largest absolute Gasteiger partial charge is 0.364 e. The third-order valence-electron chi connectivity index (χ3n) is 2.52. The van der Waals surface area contributed by atoms with Crippen LogP contribution in [0.15, 0.2) is 43.0 Å². The zero-order chi connectivity index (χ0) is 9.97. The van der Waals surface area contributed by atoms with Crippen LogP contribution in [0.5, 0.6) is 0 Å². The summed E-state index contributed by atoms with van der Waals surface area (Å²) in [5.41, 5.74) is 3.69. The van der Waals surface area contributed by atoms with Crippen LogP contribution < -0.4 is 4.90 Å². The minimum Gasteiger partial charge on any atom is -0.364 e. The first-order valence-electron chi connectivity index (χ1n) is 4.94. The molecule has 0 unspecified atom stereocenters. The molecule has 1 aromatic carbocycles. The molecule has 0 bridgehead atoms. The summed E-state index contributed by atoms with van der Waals surface area (Å²) < 4.78 is 0. The smallest absolute Gasteiger partial charge is 0.0447 e. The fraction of sp³-hybridized carbons (Fsp3) is 0.231. The van der Waals surface area contributed by atoms with Crippen LogP contribution >= 0.6 is 0 Å². The second-order valence-corrected chi connectivity index (χ2v) is 3.67. The third kappa shape index (κ3) is 1.58. The molecule has 1 nitrogen and oxygen atoms in total. The maximum Gasteiger partial charge on any atom is 0.0447 e. The van der Waals surface area contributed by atoms with Crippen molar-refractivity contribution in [3.8, 4) is 0 Å². The Hall–Kier alpha value is -1.50. The van der Waals surface area contributed by atoms with Crippen molar-refractivity contribution in [3.05, 3.63) is 48.6 Å². The zero-order valence-corrected chi connectivity index (χ0v) is 8.53. The highest BCUT2D eigenvalue weighted by molar-refractivity contribution is 5.75. The summed E-state index contributed by atoms with van der Waals surface area (Å²) in [5.74, 6) is 0. The maximum absolute atomic E-state index is 4.01. The molecule has 72 valence electrons. The maximum atomic E-state index is 4.01. The van der Waals surface area contributed by atoms with Crippen LogP contribution in [0.4, 0.5) is 5.69 Å². The lowest BCUT2D eigenvalue weighted by Gasteiger charge is -2.21. The summed E-state index contributed by atoms with van der Waals surface area (Å²) in [4.78, 5) is 2.35. The number of hydrogen-bond donors (Lipinski definition) is 0. The number of anilines is 1. The van der Waals surface area contributed by atoms with Crippen LogP contribution in [0.1, 0.15) is 12.5 Å². The summed E-state index contributed by atoms with van der Waals surface area (Å²) in [6, 6.07) is 8.45. The second kappa shape index (κ2) is 3.70. The Morgan fingerprint density at radius 2 is 1.86 bits per heavy atom. The van der Waals surface area contributed by atoms with Gasteiger partial charge in [0, 0.05) is 24.3 Å². The molecule has 0 fully saturated rings. The van der Waals surface area contributed by atoms with E-state index in [0.717, 1.165) is 18.7 Å². The number of benzene rings is 1. The van der Waals surface area contributed by atoms with Gasteiger partial charge >= 0.3 is 0 Å². The first kappa shape index (κ1) is 9.07. The van der Waals surface area contributed by atoms with Gasteiger partial charge in [-0.25, -0.2) is 0 Å². The van der Waals surface area contributed by atoms with E-state index in [4.69, 9.17) is 0 Å². The molecule has 2 rings (SSSR count). The van der Waals surface area contributed by atoms with E-state index >= 15 is 0 Å². The van der Waals surface area contributed by atoms with Gasteiger partial charge in [-0.15, -0.1) is 0 Å². The van der Waals surface area contributed by atoms with Crippen molar-refractivity contribution < 1.29 is 0 Å². The normalized spacial score (nSPS) is 14.8. The van der Waals surface area contributed by atoms with Crippen LogP contribution in [-0.2, 0) is 0 Å². The van der Waals surface area contributed by atoms with Gasteiger partial charge < -0.3 is 4.90 Å². The molecule has 0 amide bonds. The number of hydrogen-bond acceptors (Lipinski definition) is 1. The Kier molecular flexibility index (Phi) is 2.40. The Bertz CT molecular complexity index is 369. The lowest BCUT2D eigenvalue weighted by atomic mass is 10.1. The van der Waals surface area contributed by atoms with Gasteiger partial charge in [0.25, 0.3) is 0 Å². The van der Waals surface area contributed by atoms with E-state index in [-0.39, 0.29) is 0 Å². The van der Waals surface area contributed by atoms with Gasteiger partial charge in [0.1, 0.15) is 0 Å². The predicted octanol–water partition coefficient (Wildman–Crippen LogP) is 3.10. The molecule has 1 aromatic rings. The molecule has 14 heavy (non-hydrogen) atoms. The van der Waals surface area contributed by atoms with Crippen molar-refractivity contribution in [2.24, 2.45) is 0 Å². The van der Waals surface area contributed by atoms with E-state index in [1.165, 1.54) is 11.3 Å². The molecule has 0 N–H and O–H groups in total. The van der Waals surface area contributed by atoms with Crippen LogP contribution in [0.25, 0.3) is 5.57 Å². The van der Waals surface area contributed by atoms with E-state index in [1.54, 1.807) is 0 Å². The summed E-state index contributed by atoms with van der Waals surface area (Å²) >= 11 is 0. The summed E-state index contributed by atoms with van der Waals surface area (Å²) in [6.45, 7) is 8.10. The standard InChI is InChI=1S/C13H15N/c1-11(2)12-7-3-4-8-13(12)14-9-5-6-10-14/h3-8H,1,9-10H2,2H3. The van der Waals surface area contributed by atoms with Crippen LogP contribution in [0, 0.1) is 0 Å². The molecular formula is C13H15N. The molecule has 1 aliphatic heterocycles. The van der Waals surface area contributed by atoms with Crippen molar-refractivity contribution in [2.75, 3.05) is 18.0 Å². The van der Waals surface area contributed by atoms with Crippen molar-refractivity contribution >= 4 is 11.3 Å². The Morgan fingerprint density at radius 1 is 1.21 bits per heavy atom. The van der Waals surface area contributed by atoms with Gasteiger partial charge in [-0.2, -0.15) is 0 Å². The number of para-hydroxylation sites is 1. The van der Waals surface area contributed by atoms with Crippen molar-refractivity contribution in [1.29, 1.82) is 0 Å². The van der Waals surface area contributed by atoms with Gasteiger partial charge in [0.2, 0.25) is 0 Å². The highest BCUT2D eigenvalue weighted by Crippen LogP contribution is 2.26. The summed E-state index contributed by atoms with van der Waals surface area (Å²) in [5, 5.41) is 0. The van der Waals surface area contributed by atoms with Crippen molar-refractivity contribution in [3.63, 3.8) is 0 Å². The molecule has 0 aliphatic carbocycles. The SMILES string of the molecule is C=C(C)c1ccccc1N1CC=CC1. The van der Waals surface area contributed by atoms with Gasteiger partial charge in [0.05, 0.1) is 0 Å². The van der Waals surface area contributed by atoms with Crippen LogP contribution in [-0.4, -0.2) is 13.1 Å². The van der Waals surface area contributed by atoms with E-state index in [9.17, 15) is 0 Å². The average Bonchev–Trinajstić information content (AvgIpc) is 2.70. The van der Waals surface area contributed by atoms with E-state index < -0.39 is 0 Å². The molecule has 0 aromatic heterocycles. The van der Waals surface area contributed by atoms with Gasteiger partial charge in [0.15, 0.2) is 0 Å². The fourth-order valence-corrected chi connectivity index (χ4v) is 1.79. The summed E-state index contributed by atoms with van der Waals surface area (Å²) in [6.07, 6.45) is 4.41. The fourth-order valence-electron chi connectivity index (χ4n) is 1.79. The second-order valence-electron chi connectivity index (χ2n) is 3.67. The quantitative estimate of drug-likeness (QED) is 0.640. The topological polar surface area (TPSA) is 3.24 Å². The zero-order valence-electron chi connectivity index (χ0n) is 8.53. The predicted molar refractivity (Wildman–Crippen MR) is 62.5 cm³/mol. The van der Waals surface area contributed by atoms with E-state index in [1.807, 2.05) is 0 Å². The lowest BCUT2D eigenvalue weighted by Crippen LogP contribution is -2.19. The molecule has 1 heterocycles. The molecule has 0 spiro atoms. The highest BCUT2D eigenvalue weighted by atomic mass is 15.1. The van der Waals surface area contributed by atoms with E-state index in [0.29, 0.717) is 0 Å². The molecular weight excluding hydrogens is 170 g/mol. The van der Waals surface area contributed by atoms with Gasteiger partial charge in [-0.05, 0) is 18.6 Å². The molecule has 0 saturated heterocycles. The molecule has 1 heteroatoms. The van der Waals surface area contributed by atoms with Crippen molar-refractivity contribution in [1.82, 2.24) is 0 Å². The Labute approximate surface area is 85.4 Å². The summed E-state index contributed by atoms with van der Waals surface area (Å²) in [7, 11) is 0. The monoisotopic (exact) mass is 185 g/mol. The molecule has 1 aliphatic rings. The number of nitrogens with zero attached hydrogens (tertiary/aromatic N) is 1. The Balaban J connectivity index is 2.36. The minimum atomic E-state index is 1.02.